The third-order valence-corrected chi connectivity index (χ3v) is 7.28. The van der Waals surface area contributed by atoms with E-state index in [0.717, 1.165) is 69.5 Å². The second kappa shape index (κ2) is 8.37. The van der Waals surface area contributed by atoms with Crippen molar-refractivity contribution in [3.8, 4) is 0 Å². The maximum absolute atomic E-state index is 13.2. The van der Waals surface area contributed by atoms with Gasteiger partial charge < -0.3 is 14.7 Å². The number of carbonyl (C=O) groups is 2. The Balaban J connectivity index is 1.28. The summed E-state index contributed by atoms with van der Waals surface area (Å²) in [5, 5.41) is 0. The molecule has 1 unspecified atom stereocenters. The second-order valence-corrected chi connectivity index (χ2v) is 9.23. The Morgan fingerprint density at radius 1 is 0.935 bits per heavy atom. The third-order valence-electron chi connectivity index (χ3n) is 7.28. The molecule has 2 aromatic carbocycles. The Morgan fingerprint density at radius 3 is 2.48 bits per heavy atom. The summed E-state index contributed by atoms with van der Waals surface area (Å²) in [6.07, 6.45) is 6.31. The highest BCUT2D eigenvalue weighted by molar-refractivity contribution is 6.07. The van der Waals surface area contributed by atoms with E-state index in [1.807, 2.05) is 30.1 Å². The van der Waals surface area contributed by atoms with Crippen molar-refractivity contribution in [1.82, 2.24) is 4.90 Å². The van der Waals surface area contributed by atoms with Crippen LogP contribution in [0.2, 0.25) is 0 Å². The van der Waals surface area contributed by atoms with E-state index in [2.05, 4.69) is 35.2 Å². The van der Waals surface area contributed by atoms with Crippen LogP contribution in [0.5, 0.6) is 0 Å². The lowest BCUT2D eigenvalue weighted by molar-refractivity contribution is -0.120. The summed E-state index contributed by atoms with van der Waals surface area (Å²) >= 11 is 0. The van der Waals surface area contributed by atoms with Crippen molar-refractivity contribution in [2.45, 2.75) is 44.6 Å². The number of fused-ring (bicyclic) bond motifs is 3. The monoisotopic (exact) mass is 417 g/mol. The number of likely N-dealkylation sites (tertiary alicyclic amines) is 1. The zero-order valence-electron chi connectivity index (χ0n) is 18.3. The lowest BCUT2D eigenvalue weighted by atomic mass is 9.90. The van der Waals surface area contributed by atoms with E-state index < -0.39 is 0 Å². The minimum absolute atomic E-state index is 0.0450. The summed E-state index contributed by atoms with van der Waals surface area (Å²) in [5.41, 5.74) is 4.03. The fourth-order valence-corrected chi connectivity index (χ4v) is 5.46. The lowest BCUT2D eigenvalue weighted by Crippen LogP contribution is -2.54. The molecule has 2 saturated heterocycles. The fraction of sp³-hybridized carbons (Fsp3) is 0.462. The average molecular weight is 418 g/mol. The van der Waals surface area contributed by atoms with E-state index >= 15 is 0 Å². The summed E-state index contributed by atoms with van der Waals surface area (Å²) in [5.74, 6) is 0.871. The maximum atomic E-state index is 13.2. The molecule has 5 nitrogen and oxygen atoms in total. The Hall–Kier alpha value is -2.82. The van der Waals surface area contributed by atoms with Crippen molar-refractivity contribution >= 4 is 23.2 Å². The van der Waals surface area contributed by atoms with Gasteiger partial charge >= 0.3 is 0 Å². The molecule has 162 valence electrons. The summed E-state index contributed by atoms with van der Waals surface area (Å²) in [7, 11) is 1.84. The number of nitrogens with zero attached hydrogens (tertiary/aromatic N) is 3. The zero-order valence-corrected chi connectivity index (χ0v) is 18.3. The Bertz CT molecular complexity index is 966. The predicted octanol–water partition coefficient (Wildman–Crippen LogP) is 4.12. The van der Waals surface area contributed by atoms with E-state index in [9.17, 15) is 9.59 Å². The molecule has 2 aromatic rings. The van der Waals surface area contributed by atoms with Crippen LogP contribution in [0.15, 0.2) is 48.5 Å². The number of likely N-dealkylation sites (N-methyl/N-ethyl adjacent to an activating group) is 1. The Labute approximate surface area is 184 Å². The largest absolute Gasteiger partial charge is 0.358 e. The van der Waals surface area contributed by atoms with Crippen LogP contribution in [0.3, 0.4) is 0 Å². The first-order valence-corrected chi connectivity index (χ1v) is 11.6. The van der Waals surface area contributed by atoms with Gasteiger partial charge in [-0.1, -0.05) is 30.3 Å². The molecule has 0 aromatic heterocycles. The highest BCUT2D eigenvalue weighted by Crippen LogP contribution is 2.39. The van der Waals surface area contributed by atoms with Gasteiger partial charge in [0.1, 0.15) is 6.04 Å². The summed E-state index contributed by atoms with van der Waals surface area (Å²) < 4.78 is 0. The number of hydrogen-bond acceptors (Lipinski definition) is 3. The molecule has 5 rings (SSSR count). The van der Waals surface area contributed by atoms with Crippen LogP contribution in [-0.2, 0) is 11.2 Å². The topological polar surface area (TPSA) is 43.9 Å². The van der Waals surface area contributed by atoms with Crippen LogP contribution >= 0.6 is 0 Å². The molecule has 31 heavy (non-hydrogen) atoms. The van der Waals surface area contributed by atoms with Crippen molar-refractivity contribution in [2.75, 3.05) is 36.5 Å². The molecule has 0 radical (unpaired) electrons. The summed E-state index contributed by atoms with van der Waals surface area (Å²) in [6, 6.07) is 16.5. The minimum atomic E-state index is -0.0450. The quantitative estimate of drug-likeness (QED) is 0.755. The SMILES string of the molecule is CN1C(=O)C2CCCCN2c2ccc(C(=O)N3CCC(Cc4ccccc4)CC3)cc21. The van der Waals surface area contributed by atoms with Crippen molar-refractivity contribution in [1.29, 1.82) is 0 Å². The molecule has 3 heterocycles. The van der Waals surface area contributed by atoms with E-state index in [-0.39, 0.29) is 17.9 Å². The molecular formula is C26H31N3O2. The van der Waals surface area contributed by atoms with E-state index in [1.165, 1.54) is 5.56 Å². The number of benzene rings is 2. The van der Waals surface area contributed by atoms with Gasteiger partial charge in [-0.25, -0.2) is 0 Å². The van der Waals surface area contributed by atoms with Gasteiger partial charge in [0, 0.05) is 32.2 Å². The van der Waals surface area contributed by atoms with Gasteiger partial charge in [0.15, 0.2) is 0 Å². The second-order valence-electron chi connectivity index (χ2n) is 9.23. The first kappa shape index (κ1) is 20.1. The molecule has 5 heteroatoms. The molecule has 0 saturated carbocycles. The maximum Gasteiger partial charge on any atom is 0.253 e. The van der Waals surface area contributed by atoms with Gasteiger partial charge in [0.25, 0.3) is 5.91 Å². The normalized spacial score (nSPS) is 21.6. The lowest BCUT2D eigenvalue weighted by Gasteiger charge is -2.44. The minimum Gasteiger partial charge on any atom is -0.358 e. The van der Waals surface area contributed by atoms with Gasteiger partial charge in [-0.05, 0) is 68.2 Å². The third kappa shape index (κ3) is 3.82. The van der Waals surface area contributed by atoms with E-state index in [0.29, 0.717) is 11.5 Å². The molecule has 1 atom stereocenters. The Morgan fingerprint density at radius 2 is 1.71 bits per heavy atom. The first-order valence-electron chi connectivity index (χ1n) is 11.6. The van der Waals surface area contributed by atoms with Crippen molar-refractivity contribution in [2.24, 2.45) is 5.92 Å². The Kier molecular flexibility index (Phi) is 5.43. The van der Waals surface area contributed by atoms with E-state index in [1.54, 1.807) is 4.90 Å². The standard InChI is InChI=1S/C26H31N3O2/c1-27-24-18-21(10-11-22(24)29-14-6-5-9-23(29)26(27)31)25(30)28-15-12-20(13-16-28)17-19-7-3-2-4-8-19/h2-4,7-8,10-11,18,20,23H,5-6,9,12-17H2,1H3. The average Bonchev–Trinajstić information content (AvgIpc) is 2.83. The van der Waals surface area contributed by atoms with Gasteiger partial charge in [0.2, 0.25) is 5.91 Å². The number of amides is 2. The zero-order chi connectivity index (χ0) is 21.4. The first-order chi connectivity index (χ1) is 15.1. The molecular weight excluding hydrogens is 386 g/mol. The van der Waals surface area contributed by atoms with Gasteiger partial charge in [-0.2, -0.15) is 0 Å². The van der Waals surface area contributed by atoms with Crippen LogP contribution in [0.25, 0.3) is 0 Å². The smallest absolute Gasteiger partial charge is 0.253 e. The van der Waals surface area contributed by atoms with E-state index in [4.69, 9.17) is 0 Å². The predicted molar refractivity (Wildman–Crippen MR) is 124 cm³/mol. The molecule has 2 amide bonds. The molecule has 0 aliphatic carbocycles. The van der Waals surface area contributed by atoms with Crippen molar-refractivity contribution in [3.63, 3.8) is 0 Å². The van der Waals surface area contributed by atoms with Crippen molar-refractivity contribution < 1.29 is 9.59 Å². The van der Waals surface area contributed by atoms with Crippen LogP contribution in [0.1, 0.15) is 48.0 Å². The van der Waals surface area contributed by atoms with Crippen LogP contribution < -0.4 is 9.80 Å². The molecule has 3 aliphatic heterocycles. The molecule has 0 bridgehead atoms. The highest BCUT2D eigenvalue weighted by atomic mass is 16.2. The molecule has 2 fully saturated rings. The number of piperidine rings is 2. The number of carbonyl (C=O) groups excluding carboxylic acids is 2. The molecule has 0 N–H and O–H groups in total. The van der Waals surface area contributed by atoms with Gasteiger partial charge in [-0.3, -0.25) is 9.59 Å². The number of hydrogen-bond donors (Lipinski definition) is 0. The van der Waals surface area contributed by atoms with Gasteiger partial charge in [-0.15, -0.1) is 0 Å². The molecule has 3 aliphatic rings. The molecule has 0 spiro atoms. The van der Waals surface area contributed by atoms with Crippen molar-refractivity contribution in [3.05, 3.63) is 59.7 Å². The summed E-state index contributed by atoms with van der Waals surface area (Å²) in [6.45, 7) is 2.52. The van der Waals surface area contributed by atoms with Crippen LogP contribution in [-0.4, -0.2) is 49.4 Å². The number of rotatable bonds is 3. The summed E-state index contributed by atoms with van der Waals surface area (Å²) in [4.78, 5) is 32.1. The fourth-order valence-electron chi connectivity index (χ4n) is 5.46. The van der Waals surface area contributed by atoms with Gasteiger partial charge in [0.05, 0.1) is 11.4 Å². The van der Waals surface area contributed by atoms with Crippen LogP contribution in [0, 0.1) is 5.92 Å². The highest BCUT2D eigenvalue weighted by Gasteiger charge is 2.38. The van der Waals surface area contributed by atoms with Crippen LogP contribution in [0.4, 0.5) is 11.4 Å². The number of anilines is 2.